The Morgan fingerprint density at radius 1 is 0.885 bits per heavy atom. The molecule has 0 N–H and O–H groups in total. The standard InChI is InChI=1S/C20H16Cl2N2S2/c1-11-14(9-16(21)25-11)18-19(15-10-17(22)26-12(15)2)24(3)20(23-18)13-7-5-4-6-8-13/h4-10H,1-3H3. The Morgan fingerprint density at radius 2 is 1.46 bits per heavy atom. The van der Waals surface area contributed by atoms with Crippen molar-refractivity contribution in [3.05, 3.63) is 60.9 Å². The van der Waals surface area contributed by atoms with E-state index in [1.54, 1.807) is 22.7 Å². The Balaban J connectivity index is 2.03. The summed E-state index contributed by atoms with van der Waals surface area (Å²) in [5.41, 5.74) is 5.30. The number of thiophene rings is 2. The molecule has 0 aliphatic rings. The maximum atomic E-state index is 6.30. The zero-order chi connectivity index (χ0) is 18.4. The molecular weight excluding hydrogens is 403 g/mol. The largest absolute Gasteiger partial charge is 0.327 e. The third kappa shape index (κ3) is 3.01. The molecule has 3 heterocycles. The van der Waals surface area contributed by atoms with Crippen LogP contribution in [-0.2, 0) is 7.05 Å². The van der Waals surface area contributed by atoms with Gasteiger partial charge in [-0.15, -0.1) is 22.7 Å². The first-order chi connectivity index (χ1) is 12.5. The molecule has 0 aliphatic heterocycles. The van der Waals surface area contributed by atoms with Crippen molar-refractivity contribution in [2.45, 2.75) is 13.8 Å². The highest BCUT2D eigenvalue weighted by molar-refractivity contribution is 7.17. The minimum atomic E-state index is 0.774. The molecule has 0 unspecified atom stereocenters. The van der Waals surface area contributed by atoms with Crippen molar-refractivity contribution in [3.8, 4) is 33.9 Å². The fraction of sp³-hybridized carbons (Fsp3) is 0.150. The van der Waals surface area contributed by atoms with E-state index in [-0.39, 0.29) is 0 Å². The summed E-state index contributed by atoms with van der Waals surface area (Å²) in [6.45, 7) is 4.18. The van der Waals surface area contributed by atoms with Crippen LogP contribution in [0.15, 0.2) is 42.5 Å². The quantitative estimate of drug-likeness (QED) is 0.337. The van der Waals surface area contributed by atoms with Crippen molar-refractivity contribution in [3.63, 3.8) is 0 Å². The van der Waals surface area contributed by atoms with Crippen LogP contribution < -0.4 is 0 Å². The molecule has 132 valence electrons. The van der Waals surface area contributed by atoms with Gasteiger partial charge in [0.05, 0.1) is 20.1 Å². The number of halogens is 2. The lowest BCUT2D eigenvalue weighted by Crippen LogP contribution is -1.95. The van der Waals surface area contributed by atoms with Crippen molar-refractivity contribution >= 4 is 45.9 Å². The number of imidazole rings is 1. The van der Waals surface area contributed by atoms with Crippen LogP contribution in [0.1, 0.15) is 9.75 Å². The van der Waals surface area contributed by atoms with Gasteiger partial charge in [0, 0.05) is 33.5 Å². The van der Waals surface area contributed by atoms with Crippen molar-refractivity contribution in [1.29, 1.82) is 0 Å². The van der Waals surface area contributed by atoms with Crippen LogP contribution >= 0.6 is 45.9 Å². The molecule has 1 aromatic carbocycles. The molecule has 3 aromatic heterocycles. The summed E-state index contributed by atoms with van der Waals surface area (Å²) in [5, 5.41) is 0. The van der Waals surface area contributed by atoms with Gasteiger partial charge in [-0.1, -0.05) is 53.5 Å². The molecule has 0 saturated heterocycles. The van der Waals surface area contributed by atoms with E-state index >= 15 is 0 Å². The molecule has 26 heavy (non-hydrogen) atoms. The normalized spacial score (nSPS) is 11.3. The Kier molecular flexibility index (Phi) is 4.70. The highest BCUT2D eigenvalue weighted by Gasteiger charge is 2.23. The van der Waals surface area contributed by atoms with E-state index in [1.807, 2.05) is 30.3 Å². The minimum absolute atomic E-state index is 0.774. The third-order valence-corrected chi connectivity index (χ3v) is 6.77. The predicted octanol–water partition coefficient (Wildman–Crippen LogP) is 7.47. The van der Waals surface area contributed by atoms with Crippen LogP contribution in [0.5, 0.6) is 0 Å². The van der Waals surface area contributed by atoms with Gasteiger partial charge < -0.3 is 4.57 Å². The smallest absolute Gasteiger partial charge is 0.140 e. The van der Waals surface area contributed by atoms with E-state index in [2.05, 4.69) is 37.6 Å². The fourth-order valence-electron chi connectivity index (χ4n) is 3.20. The van der Waals surface area contributed by atoms with Crippen molar-refractivity contribution in [1.82, 2.24) is 9.55 Å². The van der Waals surface area contributed by atoms with Gasteiger partial charge >= 0.3 is 0 Å². The second-order valence-corrected chi connectivity index (χ2v) is 9.87. The number of nitrogens with zero attached hydrogens (tertiary/aromatic N) is 2. The topological polar surface area (TPSA) is 17.8 Å². The molecular formula is C20H16Cl2N2S2. The van der Waals surface area contributed by atoms with Gasteiger partial charge in [-0.3, -0.25) is 0 Å². The molecule has 2 nitrogen and oxygen atoms in total. The van der Waals surface area contributed by atoms with E-state index in [1.165, 1.54) is 4.88 Å². The Morgan fingerprint density at radius 3 is 2.00 bits per heavy atom. The van der Waals surface area contributed by atoms with Crippen LogP contribution in [0.2, 0.25) is 8.67 Å². The summed E-state index contributed by atoms with van der Waals surface area (Å²) < 4.78 is 3.71. The number of hydrogen-bond donors (Lipinski definition) is 0. The second kappa shape index (κ2) is 6.86. The number of aryl methyl sites for hydroxylation is 2. The summed E-state index contributed by atoms with van der Waals surface area (Å²) in [7, 11) is 2.06. The Bertz CT molecular complexity index is 1090. The van der Waals surface area contributed by atoms with Gasteiger partial charge in [0.1, 0.15) is 5.82 Å². The lowest BCUT2D eigenvalue weighted by Gasteiger charge is -2.07. The van der Waals surface area contributed by atoms with Gasteiger partial charge in [0.25, 0.3) is 0 Å². The Labute approximate surface area is 170 Å². The predicted molar refractivity (Wildman–Crippen MR) is 115 cm³/mol. The van der Waals surface area contributed by atoms with Crippen molar-refractivity contribution in [2.75, 3.05) is 0 Å². The summed E-state index contributed by atoms with van der Waals surface area (Å²) in [4.78, 5) is 7.36. The highest BCUT2D eigenvalue weighted by Crippen LogP contribution is 2.43. The lowest BCUT2D eigenvalue weighted by molar-refractivity contribution is 0.933. The van der Waals surface area contributed by atoms with E-state index in [0.717, 1.165) is 47.5 Å². The summed E-state index contributed by atoms with van der Waals surface area (Å²) in [6, 6.07) is 14.3. The second-order valence-electron chi connectivity index (χ2n) is 6.10. The average molecular weight is 419 g/mol. The van der Waals surface area contributed by atoms with E-state index < -0.39 is 0 Å². The van der Waals surface area contributed by atoms with Crippen molar-refractivity contribution in [2.24, 2.45) is 7.05 Å². The molecule has 4 aromatic rings. The van der Waals surface area contributed by atoms with Crippen LogP contribution in [-0.4, -0.2) is 9.55 Å². The fourth-order valence-corrected chi connectivity index (χ4v) is 5.58. The van der Waals surface area contributed by atoms with E-state index in [0.29, 0.717) is 0 Å². The molecule has 0 bridgehead atoms. The molecule has 0 fully saturated rings. The molecule has 0 atom stereocenters. The summed E-state index contributed by atoms with van der Waals surface area (Å²) >= 11 is 15.7. The minimum Gasteiger partial charge on any atom is -0.327 e. The zero-order valence-corrected chi connectivity index (χ0v) is 17.7. The maximum absolute atomic E-state index is 6.30. The molecule has 0 radical (unpaired) electrons. The van der Waals surface area contributed by atoms with Crippen LogP contribution in [0, 0.1) is 13.8 Å². The highest BCUT2D eigenvalue weighted by atomic mass is 35.5. The lowest BCUT2D eigenvalue weighted by atomic mass is 10.1. The van der Waals surface area contributed by atoms with Crippen LogP contribution in [0.4, 0.5) is 0 Å². The molecule has 0 amide bonds. The van der Waals surface area contributed by atoms with Gasteiger partial charge in [-0.05, 0) is 26.0 Å². The number of hydrogen-bond acceptors (Lipinski definition) is 3. The first-order valence-electron chi connectivity index (χ1n) is 8.10. The molecule has 4 rings (SSSR count). The Hall–Kier alpha value is -1.59. The number of aromatic nitrogens is 2. The SMILES string of the molecule is Cc1sc(Cl)cc1-c1nc(-c2ccccc2)n(C)c1-c1cc(Cl)sc1C. The van der Waals surface area contributed by atoms with Gasteiger partial charge in [0.2, 0.25) is 0 Å². The van der Waals surface area contributed by atoms with Gasteiger partial charge in [-0.2, -0.15) is 0 Å². The van der Waals surface area contributed by atoms with Gasteiger partial charge in [-0.25, -0.2) is 4.98 Å². The monoisotopic (exact) mass is 418 g/mol. The van der Waals surface area contributed by atoms with Crippen LogP contribution in [0.3, 0.4) is 0 Å². The van der Waals surface area contributed by atoms with Crippen LogP contribution in [0.25, 0.3) is 33.9 Å². The molecule has 6 heteroatoms. The van der Waals surface area contributed by atoms with E-state index in [9.17, 15) is 0 Å². The third-order valence-electron chi connectivity index (χ3n) is 4.41. The zero-order valence-electron chi connectivity index (χ0n) is 14.5. The molecule has 0 aliphatic carbocycles. The van der Waals surface area contributed by atoms with Gasteiger partial charge in [0.15, 0.2) is 0 Å². The summed E-state index contributed by atoms with van der Waals surface area (Å²) in [5.74, 6) is 0.930. The maximum Gasteiger partial charge on any atom is 0.140 e. The molecule has 0 spiro atoms. The van der Waals surface area contributed by atoms with E-state index in [4.69, 9.17) is 28.2 Å². The average Bonchev–Trinajstić information content (AvgIpc) is 3.23. The molecule has 0 saturated carbocycles. The number of rotatable bonds is 3. The first-order valence-corrected chi connectivity index (χ1v) is 10.5. The van der Waals surface area contributed by atoms with Crippen molar-refractivity contribution < 1.29 is 0 Å². The number of benzene rings is 1. The first kappa shape index (κ1) is 17.8. The summed E-state index contributed by atoms with van der Waals surface area (Å²) in [6.07, 6.45) is 0.